The molecule has 0 spiro atoms. The molecule has 1 unspecified atom stereocenters. The van der Waals surface area contributed by atoms with E-state index >= 15 is 0 Å². The molecule has 1 aromatic rings. The van der Waals surface area contributed by atoms with Gasteiger partial charge in [-0.05, 0) is 30.4 Å². The van der Waals surface area contributed by atoms with E-state index in [1.165, 1.54) is 12.3 Å². The van der Waals surface area contributed by atoms with Gasteiger partial charge >= 0.3 is 0 Å². The van der Waals surface area contributed by atoms with Crippen molar-refractivity contribution >= 4 is 11.7 Å². The van der Waals surface area contributed by atoms with Crippen LogP contribution in [0.2, 0.25) is 0 Å². The maximum Gasteiger partial charge on any atom is 0.237 e. The molecule has 0 radical (unpaired) electrons. The molecule has 1 heterocycles. The van der Waals surface area contributed by atoms with Gasteiger partial charge in [-0.2, -0.15) is 0 Å². The summed E-state index contributed by atoms with van der Waals surface area (Å²) in [6.07, 6.45) is 1.93. The van der Waals surface area contributed by atoms with Crippen molar-refractivity contribution in [3.8, 4) is 0 Å². The normalized spacial score (nSPS) is 16.9. The Bertz CT molecular complexity index is 665. The summed E-state index contributed by atoms with van der Waals surface area (Å²) in [5.74, 6) is -1.03. The molecular weight excluding hydrogens is 358 g/mol. The second kappa shape index (κ2) is 10.6. The lowest BCUT2D eigenvalue weighted by atomic mass is 9.78. The number of ketones is 1. The van der Waals surface area contributed by atoms with E-state index in [0.29, 0.717) is 17.7 Å². The SMILES string of the molecule is CC[C@@H](O)CC(O)(C(=O)c1ccnc(CNC(=O)[C@@H](N)[C@@H](C)CC)c1)C(C)C. The van der Waals surface area contributed by atoms with E-state index in [4.69, 9.17) is 5.73 Å². The Labute approximate surface area is 167 Å². The van der Waals surface area contributed by atoms with Gasteiger partial charge < -0.3 is 21.3 Å². The fourth-order valence-corrected chi connectivity index (χ4v) is 2.87. The van der Waals surface area contributed by atoms with Gasteiger partial charge in [0, 0.05) is 18.2 Å². The number of pyridine rings is 1. The quantitative estimate of drug-likeness (QED) is 0.425. The first kappa shape index (κ1) is 24.2. The highest BCUT2D eigenvalue weighted by Gasteiger charge is 2.41. The van der Waals surface area contributed by atoms with Crippen molar-refractivity contribution in [1.82, 2.24) is 10.3 Å². The van der Waals surface area contributed by atoms with Crippen LogP contribution in [0.1, 0.15) is 69.9 Å². The fourth-order valence-electron chi connectivity index (χ4n) is 2.87. The Kier molecular flexibility index (Phi) is 9.20. The lowest BCUT2D eigenvalue weighted by Gasteiger charge is -2.32. The third kappa shape index (κ3) is 6.09. The second-order valence-electron chi connectivity index (χ2n) is 7.84. The maximum absolute atomic E-state index is 13.0. The monoisotopic (exact) mass is 393 g/mol. The van der Waals surface area contributed by atoms with E-state index in [1.54, 1.807) is 26.8 Å². The van der Waals surface area contributed by atoms with Crippen LogP contribution in [0.25, 0.3) is 0 Å². The molecule has 1 aromatic heterocycles. The van der Waals surface area contributed by atoms with Crippen LogP contribution in [0.15, 0.2) is 18.3 Å². The van der Waals surface area contributed by atoms with Gasteiger partial charge in [-0.25, -0.2) is 0 Å². The van der Waals surface area contributed by atoms with Crippen LogP contribution in [0.4, 0.5) is 0 Å². The zero-order chi connectivity index (χ0) is 21.5. The highest BCUT2D eigenvalue weighted by atomic mass is 16.3. The first-order valence-corrected chi connectivity index (χ1v) is 10.00. The van der Waals surface area contributed by atoms with Gasteiger partial charge in [0.25, 0.3) is 0 Å². The molecule has 0 aliphatic heterocycles. The number of carbonyl (C=O) groups is 2. The molecule has 1 amide bonds. The van der Waals surface area contributed by atoms with Crippen molar-refractivity contribution in [1.29, 1.82) is 0 Å². The summed E-state index contributed by atoms with van der Waals surface area (Å²) in [6, 6.07) is 2.49. The summed E-state index contributed by atoms with van der Waals surface area (Å²) in [5.41, 5.74) is 5.04. The van der Waals surface area contributed by atoms with Crippen molar-refractivity contribution in [2.75, 3.05) is 0 Å². The topological polar surface area (TPSA) is 126 Å². The number of aromatic nitrogens is 1. The molecule has 158 valence electrons. The molecule has 28 heavy (non-hydrogen) atoms. The average molecular weight is 394 g/mol. The van der Waals surface area contributed by atoms with Crippen LogP contribution in [-0.4, -0.2) is 44.6 Å². The highest BCUT2D eigenvalue weighted by Crippen LogP contribution is 2.28. The van der Waals surface area contributed by atoms with Crippen LogP contribution < -0.4 is 11.1 Å². The summed E-state index contributed by atoms with van der Waals surface area (Å²) >= 11 is 0. The molecule has 0 fully saturated rings. The van der Waals surface area contributed by atoms with Gasteiger partial charge in [-0.15, -0.1) is 0 Å². The molecule has 0 saturated carbocycles. The predicted octanol–water partition coefficient (Wildman–Crippen LogP) is 1.80. The third-order valence-electron chi connectivity index (χ3n) is 5.45. The van der Waals surface area contributed by atoms with Crippen LogP contribution in [-0.2, 0) is 11.3 Å². The zero-order valence-corrected chi connectivity index (χ0v) is 17.6. The van der Waals surface area contributed by atoms with E-state index in [1.807, 2.05) is 13.8 Å². The molecule has 4 atom stereocenters. The van der Waals surface area contributed by atoms with Gasteiger partial charge in [0.15, 0.2) is 5.78 Å². The largest absolute Gasteiger partial charge is 0.393 e. The molecule has 0 saturated heterocycles. The van der Waals surface area contributed by atoms with Crippen LogP contribution in [0, 0.1) is 11.8 Å². The van der Waals surface area contributed by atoms with Gasteiger partial charge in [-0.3, -0.25) is 14.6 Å². The summed E-state index contributed by atoms with van der Waals surface area (Å²) in [5, 5.41) is 23.7. The smallest absolute Gasteiger partial charge is 0.237 e. The number of aliphatic hydroxyl groups is 2. The summed E-state index contributed by atoms with van der Waals surface area (Å²) < 4.78 is 0. The third-order valence-corrected chi connectivity index (χ3v) is 5.45. The minimum absolute atomic E-state index is 0.0296. The van der Waals surface area contributed by atoms with Crippen molar-refractivity contribution in [3.05, 3.63) is 29.6 Å². The Morgan fingerprint density at radius 3 is 2.43 bits per heavy atom. The van der Waals surface area contributed by atoms with Crippen molar-refractivity contribution in [3.63, 3.8) is 0 Å². The zero-order valence-electron chi connectivity index (χ0n) is 17.6. The number of amides is 1. The maximum atomic E-state index is 13.0. The first-order chi connectivity index (χ1) is 13.1. The summed E-state index contributed by atoms with van der Waals surface area (Å²) in [4.78, 5) is 29.3. The summed E-state index contributed by atoms with van der Waals surface area (Å²) in [6.45, 7) is 9.33. The Morgan fingerprint density at radius 1 is 1.25 bits per heavy atom. The number of hydrogen-bond acceptors (Lipinski definition) is 6. The Hall–Kier alpha value is -1.83. The highest BCUT2D eigenvalue weighted by molar-refractivity contribution is 6.02. The molecule has 0 aliphatic rings. The number of rotatable bonds is 11. The number of carbonyl (C=O) groups excluding carboxylic acids is 2. The van der Waals surface area contributed by atoms with E-state index in [2.05, 4.69) is 10.3 Å². The molecular formula is C21H35N3O4. The van der Waals surface area contributed by atoms with Gasteiger partial charge in [-0.1, -0.05) is 41.0 Å². The molecule has 1 rings (SSSR count). The van der Waals surface area contributed by atoms with Gasteiger partial charge in [0.05, 0.1) is 24.4 Å². The van der Waals surface area contributed by atoms with Crippen molar-refractivity contribution in [2.24, 2.45) is 17.6 Å². The number of nitrogens with two attached hydrogens (primary N) is 1. The fraction of sp³-hybridized carbons (Fsp3) is 0.667. The molecule has 0 aliphatic carbocycles. The standard InChI is InChI=1S/C21H35N3O4/c1-6-14(5)18(22)20(27)24-12-16-10-15(8-9-23-16)19(26)21(28,13(3)4)11-17(25)7-2/h8-10,13-14,17-18,25,28H,6-7,11-12,22H2,1-5H3,(H,24,27)/t14-,17+,18-,21?/m0/s1. The second-order valence-corrected chi connectivity index (χ2v) is 7.84. The molecule has 7 heteroatoms. The minimum atomic E-state index is -1.67. The molecule has 5 N–H and O–H groups in total. The van der Waals surface area contributed by atoms with Gasteiger partial charge in [0.1, 0.15) is 5.60 Å². The number of hydrogen-bond donors (Lipinski definition) is 4. The lowest BCUT2D eigenvalue weighted by molar-refractivity contribution is -0.123. The molecule has 7 nitrogen and oxygen atoms in total. The van der Waals surface area contributed by atoms with Crippen LogP contribution in [0.3, 0.4) is 0 Å². The number of nitrogens with zero attached hydrogens (tertiary/aromatic N) is 1. The van der Waals surface area contributed by atoms with E-state index in [-0.39, 0.29) is 30.7 Å². The van der Waals surface area contributed by atoms with E-state index in [0.717, 1.165) is 6.42 Å². The van der Waals surface area contributed by atoms with E-state index in [9.17, 15) is 19.8 Å². The number of aliphatic hydroxyl groups excluding tert-OH is 1. The minimum Gasteiger partial charge on any atom is -0.393 e. The summed E-state index contributed by atoms with van der Waals surface area (Å²) in [7, 11) is 0. The Balaban J connectivity index is 2.94. The predicted molar refractivity (Wildman–Crippen MR) is 109 cm³/mol. The first-order valence-electron chi connectivity index (χ1n) is 10.00. The van der Waals surface area contributed by atoms with Gasteiger partial charge in [0.2, 0.25) is 5.91 Å². The Morgan fingerprint density at radius 2 is 1.89 bits per heavy atom. The van der Waals surface area contributed by atoms with Crippen molar-refractivity contribution in [2.45, 2.75) is 78.2 Å². The molecule has 0 aromatic carbocycles. The average Bonchev–Trinajstić information content (AvgIpc) is 2.69. The van der Waals surface area contributed by atoms with E-state index < -0.39 is 23.5 Å². The molecule has 0 bridgehead atoms. The lowest BCUT2D eigenvalue weighted by Crippen LogP contribution is -2.46. The van der Waals surface area contributed by atoms with Crippen LogP contribution >= 0.6 is 0 Å². The number of nitrogens with one attached hydrogen (secondary N) is 1. The van der Waals surface area contributed by atoms with Crippen molar-refractivity contribution < 1.29 is 19.8 Å². The number of Topliss-reactive ketones (excluding diaryl/α,β-unsaturated/α-hetero) is 1. The van der Waals surface area contributed by atoms with Crippen LogP contribution in [0.5, 0.6) is 0 Å².